The predicted molar refractivity (Wildman–Crippen MR) is 101 cm³/mol. The minimum Gasteiger partial charge on any atom is -0.497 e. The van der Waals surface area contributed by atoms with Crippen molar-refractivity contribution in [2.45, 2.75) is 6.54 Å². The van der Waals surface area contributed by atoms with Crippen LogP contribution in [0.3, 0.4) is 0 Å². The highest BCUT2D eigenvalue weighted by Gasteiger charge is 2.24. The van der Waals surface area contributed by atoms with Crippen molar-refractivity contribution in [3.8, 4) is 11.5 Å². The Bertz CT molecular complexity index is 711. The van der Waals surface area contributed by atoms with Gasteiger partial charge in [-0.1, -0.05) is 11.6 Å². The molecule has 0 spiro atoms. The average Bonchev–Trinajstić information content (AvgIpc) is 2.68. The van der Waals surface area contributed by atoms with Crippen molar-refractivity contribution in [1.82, 2.24) is 4.90 Å². The van der Waals surface area contributed by atoms with Crippen LogP contribution in [0.4, 0.5) is 0 Å². The van der Waals surface area contributed by atoms with Gasteiger partial charge in [-0.15, -0.1) is 0 Å². The lowest BCUT2D eigenvalue weighted by Gasteiger charge is -2.32. The Morgan fingerprint density at radius 3 is 2.27 bits per heavy atom. The number of halogens is 1. The topological polar surface area (TPSA) is 43.2 Å². The molecule has 2 aromatic carbocycles. The number of hydrogen-bond donors (Lipinski definition) is 1. The normalized spacial score (nSPS) is 14.9. The highest BCUT2D eigenvalue weighted by Crippen LogP contribution is 2.15. The van der Waals surface area contributed by atoms with Gasteiger partial charge in [0.1, 0.15) is 18.0 Å². The number of benzene rings is 2. The fraction of sp³-hybridized carbons (Fsp3) is 0.350. The highest BCUT2D eigenvalue weighted by atomic mass is 35.5. The van der Waals surface area contributed by atoms with E-state index in [1.165, 1.54) is 10.5 Å². The van der Waals surface area contributed by atoms with E-state index in [2.05, 4.69) is 12.1 Å². The van der Waals surface area contributed by atoms with Crippen LogP contribution in [0, 0.1) is 0 Å². The smallest absolute Gasteiger partial charge is 0.260 e. The number of nitrogens with one attached hydrogen (secondary N) is 1. The molecule has 0 aromatic heterocycles. The number of piperazine rings is 1. The summed E-state index contributed by atoms with van der Waals surface area (Å²) in [5, 5.41) is 0.652. The minimum absolute atomic E-state index is 0.0310. The lowest BCUT2D eigenvalue weighted by atomic mass is 10.2. The third kappa shape index (κ3) is 5.13. The quantitative estimate of drug-likeness (QED) is 0.835. The second-order valence-electron chi connectivity index (χ2n) is 6.40. The number of carbonyl (C=O) groups excluding carboxylic acids is 1. The zero-order valence-corrected chi connectivity index (χ0v) is 15.7. The molecule has 0 saturated carbocycles. The molecule has 1 amide bonds. The SMILES string of the molecule is COc1ccc(C[NH+]2CCN(C(=O)COc3ccc(Cl)cc3)CC2)cc1. The first-order valence-corrected chi connectivity index (χ1v) is 9.14. The molecule has 5 nitrogen and oxygen atoms in total. The molecule has 0 bridgehead atoms. The molecule has 26 heavy (non-hydrogen) atoms. The van der Waals surface area contributed by atoms with E-state index in [1.54, 1.807) is 31.4 Å². The molecule has 138 valence electrons. The zero-order chi connectivity index (χ0) is 18.4. The van der Waals surface area contributed by atoms with Crippen molar-refractivity contribution < 1.29 is 19.2 Å². The minimum atomic E-state index is 0.0310. The zero-order valence-electron chi connectivity index (χ0n) is 14.9. The molecule has 1 saturated heterocycles. The van der Waals surface area contributed by atoms with Crippen molar-refractivity contribution in [2.75, 3.05) is 39.9 Å². The first-order chi connectivity index (χ1) is 12.6. The number of hydrogen-bond acceptors (Lipinski definition) is 3. The summed E-state index contributed by atoms with van der Waals surface area (Å²) in [7, 11) is 1.67. The molecule has 1 N–H and O–H groups in total. The van der Waals surface area contributed by atoms with Gasteiger partial charge >= 0.3 is 0 Å². The number of quaternary nitrogens is 1. The fourth-order valence-electron chi connectivity index (χ4n) is 3.05. The van der Waals surface area contributed by atoms with Gasteiger partial charge in [-0.25, -0.2) is 0 Å². The van der Waals surface area contributed by atoms with Gasteiger partial charge in [0.2, 0.25) is 0 Å². The summed E-state index contributed by atoms with van der Waals surface area (Å²) in [5.74, 6) is 1.56. The van der Waals surface area contributed by atoms with E-state index >= 15 is 0 Å². The Morgan fingerprint density at radius 2 is 1.65 bits per heavy atom. The van der Waals surface area contributed by atoms with Gasteiger partial charge in [0.05, 0.1) is 33.3 Å². The maximum Gasteiger partial charge on any atom is 0.260 e. The van der Waals surface area contributed by atoms with Crippen LogP contribution in [-0.4, -0.2) is 50.7 Å². The van der Waals surface area contributed by atoms with Crippen molar-refractivity contribution in [3.05, 3.63) is 59.1 Å². The third-order valence-electron chi connectivity index (χ3n) is 4.61. The molecule has 0 unspecified atom stereocenters. The van der Waals surface area contributed by atoms with E-state index in [0.717, 1.165) is 38.5 Å². The van der Waals surface area contributed by atoms with E-state index in [9.17, 15) is 4.79 Å². The molecule has 1 aliphatic heterocycles. The van der Waals surface area contributed by atoms with Crippen LogP contribution < -0.4 is 14.4 Å². The summed E-state index contributed by atoms with van der Waals surface area (Å²) >= 11 is 5.84. The standard InChI is InChI=1S/C20H23ClN2O3/c1-25-18-6-2-16(3-7-18)14-22-10-12-23(13-11-22)20(24)15-26-19-8-4-17(21)5-9-19/h2-9H,10-15H2,1H3/p+1. The molecule has 2 aromatic rings. The molecule has 6 heteroatoms. The molecular weight excluding hydrogens is 352 g/mol. The fourth-order valence-corrected chi connectivity index (χ4v) is 3.17. The van der Waals surface area contributed by atoms with Crippen LogP contribution in [0.2, 0.25) is 5.02 Å². The van der Waals surface area contributed by atoms with Crippen LogP contribution in [0.1, 0.15) is 5.56 Å². The second kappa shape index (κ2) is 8.92. The lowest BCUT2D eigenvalue weighted by Crippen LogP contribution is -3.13. The number of carbonyl (C=O) groups is 1. The Morgan fingerprint density at radius 1 is 1.04 bits per heavy atom. The van der Waals surface area contributed by atoms with E-state index in [-0.39, 0.29) is 12.5 Å². The lowest BCUT2D eigenvalue weighted by molar-refractivity contribution is -0.917. The molecule has 0 atom stereocenters. The third-order valence-corrected chi connectivity index (χ3v) is 4.86. The Balaban J connectivity index is 1.42. The molecular formula is C20H24ClN2O3+. The molecule has 3 rings (SSSR count). The molecule has 1 fully saturated rings. The number of rotatable bonds is 6. The molecule has 0 radical (unpaired) electrons. The Hall–Kier alpha value is -2.24. The summed E-state index contributed by atoms with van der Waals surface area (Å²) in [4.78, 5) is 15.7. The largest absolute Gasteiger partial charge is 0.497 e. The van der Waals surface area contributed by atoms with Crippen molar-refractivity contribution in [3.63, 3.8) is 0 Å². The molecule has 0 aliphatic carbocycles. The summed E-state index contributed by atoms with van der Waals surface area (Å²) in [6.45, 7) is 4.43. The molecule has 1 aliphatic rings. The van der Waals surface area contributed by atoms with Gasteiger partial charge in [0, 0.05) is 10.6 Å². The maximum absolute atomic E-state index is 12.3. The Kier molecular flexibility index (Phi) is 6.36. The number of methoxy groups -OCH3 is 1. The predicted octanol–water partition coefficient (Wildman–Crippen LogP) is 1.65. The van der Waals surface area contributed by atoms with Gasteiger partial charge in [0.15, 0.2) is 6.61 Å². The van der Waals surface area contributed by atoms with E-state index in [0.29, 0.717) is 10.8 Å². The van der Waals surface area contributed by atoms with Crippen LogP contribution in [-0.2, 0) is 11.3 Å². The maximum atomic E-state index is 12.3. The van der Waals surface area contributed by atoms with Crippen molar-refractivity contribution >= 4 is 17.5 Å². The first kappa shape index (κ1) is 18.5. The summed E-state index contributed by atoms with van der Waals surface area (Å²) in [5.41, 5.74) is 1.28. The van der Waals surface area contributed by atoms with Gasteiger partial charge in [0.25, 0.3) is 5.91 Å². The van der Waals surface area contributed by atoms with Crippen molar-refractivity contribution in [1.29, 1.82) is 0 Å². The van der Waals surface area contributed by atoms with E-state index < -0.39 is 0 Å². The highest BCUT2D eigenvalue weighted by molar-refractivity contribution is 6.30. The van der Waals surface area contributed by atoms with Gasteiger partial charge in [-0.3, -0.25) is 4.79 Å². The molecule has 1 heterocycles. The second-order valence-corrected chi connectivity index (χ2v) is 6.83. The van der Waals surface area contributed by atoms with Crippen LogP contribution in [0.15, 0.2) is 48.5 Å². The van der Waals surface area contributed by atoms with Crippen LogP contribution in [0.25, 0.3) is 0 Å². The van der Waals surface area contributed by atoms with Gasteiger partial charge in [-0.2, -0.15) is 0 Å². The van der Waals surface area contributed by atoms with Gasteiger partial charge in [-0.05, 0) is 48.5 Å². The van der Waals surface area contributed by atoms with E-state index in [4.69, 9.17) is 21.1 Å². The summed E-state index contributed by atoms with van der Waals surface area (Å²) in [6, 6.07) is 15.2. The van der Waals surface area contributed by atoms with Crippen molar-refractivity contribution in [2.24, 2.45) is 0 Å². The average molecular weight is 376 g/mol. The monoisotopic (exact) mass is 375 g/mol. The summed E-state index contributed by atoms with van der Waals surface area (Å²) < 4.78 is 10.7. The summed E-state index contributed by atoms with van der Waals surface area (Å²) in [6.07, 6.45) is 0. The number of amides is 1. The van der Waals surface area contributed by atoms with E-state index in [1.807, 2.05) is 17.0 Å². The number of ether oxygens (including phenoxy) is 2. The van der Waals surface area contributed by atoms with Crippen LogP contribution in [0.5, 0.6) is 11.5 Å². The Labute approximate surface area is 159 Å². The van der Waals surface area contributed by atoms with Crippen LogP contribution >= 0.6 is 11.6 Å². The first-order valence-electron chi connectivity index (χ1n) is 8.76. The van der Waals surface area contributed by atoms with Gasteiger partial charge < -0.3 is 19.3 Å². The number of nitrogens with zero attached hydrogens (tertiary/aromatic N) is 1.